The third-order valence-electron chi connectivity index (χ3n) is 2.80. The van der Waals surface area contributed by atoms with Gasteiger partial charge in [-0.25, -0.2) is 8.42 Å². The molecule has 2 aromatic heterocycles. The zero-order valence-corrected chi connectivity index (χ0v) is 12.0. The van der Waals surface area contributed by atoms with Crippen molar-refractivity contribution in [3.63, 3.8) is 0 Å². The molecule has 0 spiro atoms. The van der Waals surface area contributed by atoms with Gasteiger partial charge in [0.05, 0.1) is 12.7 Å². The predicted molar refractivity (Wildman–Crippen MR) is 74.2 cm³/mol. The Morgan fingerprint density at radius 1 is 1.40 bits per heavy atom. The summed E-state index contributed by atoms with van der Waals surface area (Å²) in [6, 6.07) is 3.60. The zero-order chi connectivity index (χ0) is 14.6. The minimum Gasteiger partial charge on any atom is -0.329 e. The van der Waals surface area contributed by atoms with Crippen molar-refractivity contribution in [1.82, 2.24) is 19.1 Å². The van der Waals surface area contributed by atoms with Crippen LogP contribution in [0.15, 0.2) is 41.8 Å². The lowest BCUT2D eigenvalue weighted by Crippen LogP contribution is -2.26. The molecule has 0 radical (unpaired) electrons. The molecule has 0 fully saturated rings. The van der Waals surface area contributed by atoms with E-state index in [4.69, 9.17) is 5.73 Å². The molecule has 0 saturated heterocycles. The smallest absolute Gasteiger partial charge is 0.246 e. The maximum absolute atomic E-state index is 12.4. The molecule has 0 aliphatic rings. The van der Waals surface area contributed by atoms with Crippen molar-refractivity contribution in [3.05, 3.63) is 42.5 Å². The van der Waals surface area contributed by atoms with Gasteiger partial charge in [0, 0.05) is 38.7 Å². The third kappa shape index (κ3) is 3.21. The van der Waals surface area contributed by atoms with Gasteiger partial charge in [-0.2, -0.15) is 9.40 Å². The monoisotopic (exact) mass is 295 g/mol. The molecule has 0 aliphatic heterocycles. The van der Waals surface area contributed by atoms with E-state index in [2.05, 4.69) is 10.1 Å². The summed E-state index contributed by atoms with van der Waals surface area (Å²) >= 11 is 0. The molecule has 2 rings (SSSR count). The number of hydrogen-bond acceptors (Lipinski definition) is 5. The fourth-order valence-corrected chi connectivity index (χ4v) is 2.86. The molecule has 0 amide bonds. The summed E-state index contributed by atoms with van der Waals surface area (Å²) in [5, 5.41) is 3.98. The quantitative estimate of drug-likeness (QED) is 0.813. The van der Waals surface area contributed by atoms with Crippen molar-refractivity contribution < 1.29 is 8.42 Å². The van der Waals surface area contributed by atoms with Crippen LogP contribution in [-0.2, 0) is 23.1 Å². The molecule has 0 unspecified atom stereocenters. The van der Waals surface area contributed by atoms with Crippen LogP contribution in [0.4, 0.5) is 0 Å². The number of hydrogen-bond donors (Lipinski definition) is 1. The van der Waals surface area contributed by atoms with Gasteiger partial charge in [0.1, 0.15) is 4.90 Å². The van der Waals surface area contributed by atoms with E-state index in [9.17, 15) is 8.42 Å². The number of aromatic nitrogens is 3. The van der Waals surface area contributed by atoms with Gasteiger partial charge in [-0.15, -0.1) is 0 Å². The fraction of sp³-hybridized carbons (Fsp3) is 0.333. The van der Waals surface area contributed by atoms with Gasteiger partial charge in [0.15, 0.2) is 0 Å². The Morgan fingerprint density at radius 2 is 2.20 bits per heavy atom. The number of pyridine rings is 1. The SMILES string of the molecule is CN(Cc1cccnc1)S(=O)(=O)c1cnn(CCN)c1. The summed E-state index contributed by atoms with van der Waals surface area (Å²) < 4.78 is 27.5. The molecule has 0 aliphatic carbocycles. The molecule has 7 nitrogen and oxygen atoms in total. The van der Waals surface area contributed by atoms with Gasteiger partial charge in [-0.05, 0) is 11.6 Å². The van der Waals surface area contributed by atoms with E-state index in [1.807, 2.05) is 6.07 Å². The van der Waals surface area contributed by atoms with Crippen LogP contribution in [0, 0.1) is 0 Å². The maximum atomic E-state index is 12.4. The summed E-state index contributed by atoms with van der Waals surface area (Å²) in [6.07, 6.45) is 6.12. The van der Waals surface area contributed by atoms with Crippen molar-refractivity contribution >= 4 is 10.0 Å². The zero-order valence-electron chi connectivity index (χ0n) is 11.2. The molecule has 2 heterocycles. The Labute approximate surface area is 118 Å². The van der Waals surface area contributed by atoms with Crippen LogP contribution in [0.3, 0.4) is 0 Å². The van der Waals surface area contributed by atoms with Gasteiger partial charge in [-0.3, -0.25) is 9.67 Å². The molecule has 0 saturated carbocycles. The minimum absolute atomic E-state index is 0.164. The average Bonchev–Trinajstić information content (AvgIpc) is 2.89. The van der Waals surface area contributed by atoms with Crippen LogP contribution in [0.1, 0.15) is 5.56 Å². The first-order chi connectivity index (χ1) is 9.54. The standard InChI is InChI=1S/C12H17N5O2S/c1-16(9-11-3-2-5-14-7-11)20(18,19)12-8-15-17(10-12)6-4-13/h2-3,5,7-8,10H,4,6,9,13H2,1H3. The van der Waals surface area contributed by atoms with Crippen molar-refractivity contribution in [2.75, 3.05) is 13.6 Å². The van der Waals surface area contributed by atoms with Crippen molar-refractivity contribution in [3.8, 4) is 0 Å². The van der Waals surface area contributed by atoms with Crippen LogP contribution < -0.4 is 5.73 Å². The Morgan fingerprint density at radius 3 is 2.85 bits per heavy atom. The highest BCUT2D eigenvalue weighted by Crippen LogP contribution is 2.15. The molecule has 2 aromatic rings. The van der Waals surface area contributed by atoms with Crippen LogP contribution in [0.5, 0.6) is 0 Å². The molecule has 108 valence electrons. The second kappa shape index (κ2) is 6.12. The molecule has 0 bridgehead atoms. The van der Waals surface area contributed by atoms with Gasteiger partial charge in [-0.1, -0.05) is 6.07 Å². The lowest BCUT2D eigenvalue weighted by atomic mass is 10.3. The van der Waals surface area contributed by atoms with E-state index in [0.29, 0.717) is 13.1 Å². The van der Waals surface area contributed by atoms with E-state index in [0.717, 1.165) is 5.56 Å². The van der Waals surface area contributed by atoms with Gasteiger partial charge in [0.25, 0.3) is 0 Å². The first kappa shape index (κ1) is 14.6. The van der Waals surface area contributed by atoms with Gasteiger partial charge >= 0.3 is 0 Å². The molecular formula is C12H17N5O2S. The maximum Gasteiger partial charge on any atom is 0.246 e. The van der Waals surface area contributed by atoms with Crippen molar-refractivity contribution in [2.45, 2.75) is 18.0 Å². The molecule has 20 heavy (non-hydrogen) atoms. The van der Waals surface area contributed by atoms with Crippen LogP contribution in [-0.4, -0.2) is 41.1 Å². The third-order valence-corrected chi connectivity index (χ3v) is 4.56. The normalized spacial score (nSPS) is 11.9. The van der Waals surface area contributed by atoms with E-state index < -0.39 is 10.0 Å². The second-order valence-electron chi connectivity index (χ2n) is 4.35. The number of nitrogens with zero attached hydrogens (tertiary/aromatic N) is 4. The highest BCUT2D eigenvalue weighted by atomic mass is 32.2. The summed E-state index contributed by atoms with van der Waals surface area (Å²) in [7, 11) is -2.02. The van der Waals surface area contributed by atoms with E-state index >= 15 is 0 Å². The number of nitrogens with two attached hydrogens (primary N) is 1. The van der Waals surface area contributed by atoms with Crippen LogP contribution in [0.2, 0.25) is 0 Å². The Kier molecular flexibility index (Phi) is 4.48. The Balaban J connectivity index is 2.16. The number of sulfonamides is 1. The summed E-state index contributed by atoms with van der Waals surface area (Å²) in [5.41, 5.74) is 6.24. The minimum atomic E-state index is -3.55. The van der Waals surface area contributed by atoms with Crippen LogP contribution in [0.25, 0.3) is 0 Å². The lowest BCUT2D eigenvalue weighted by molar-refractivity contribution is 0.466. The van der Waals surface area contributed by atoms with Gasteiger partial charge in [0.2, 0.25) is 10.0 Å². The van der Waals surface area contributed by atoms with E-state index in [-0.39, 0.29) is 11.4 Å². The molecule has 0 atom stereocenters. The topological polar surface area (TPSA) is 94.1 Å². The van der Waals surface area contributed by atoms with Crippen molar-refractivity contribution in [1.29, 1.82) is 0 Å². The highest BCUT2D eigenvalue weighted by molar-refractivity contribution is 7.89. The summed E-state index contributed by atoms with van der Waals surface area (Å²) in [6.45, 7) is 1.16. The highest BCUT2D eigenvalue weighted by Gasteiger charge is 2.22. The fourth-order valence-electron chi connectivity index (χ4n) is 1.75. The number of rotatable bonds is 6. The predicted octanol–water partition coefficient (Wildman–Crippen LogP) is 0.0575. The molecule has 8 heteroatoms. The second-order valence-corrected chi connectivity index (χ2v) is 6.40. The molecule has 0 aromatic carbocycles. The Bertz CT molecular complexity index is 653. The molecular weight excluding hydrogens is 278 g/mol. The first-order valence-electron chi connectivity index (χ1n) is 6.12. The molecule has 2 N–H and O–H groups in total. The largest absolute Gasteiger partial charge is 0.329 e. The summed E-state index contributed by atoms with van der Waals surface area (Å²) in [4.78, 5) is 4.13. The first-order valence-corrected chi connectivity index (χ1v) is 7.56. The van der Waals surface area contributed by atoms with E-state index in [1.165, 1.54) is 28.4 Å². The van der Waals surface area contributed by atoms with Crippen molar-refractivity contribution in [2.24, 2.45) is 5.73 Å². The Hall–Kier alpha value is -1.77. The van der Waals surface area contributed by atoms with Crippen LogP contribution >= 0.6 is 0 Å². The van der Waals surface area contributed by atoms with E-state index in [1.54, 1.807) is 18.5 Å². The lowest BCUT2D eigenvalue weighted by Gasteiger charge is -2.15. The summed E-state index contributed by atoms with van der Waals surface area (Å²) in [5.74, 6) is 0. The van der Waals surface area contributed by atoms with Gasteiger partial charge < -0.3 is 5.73 Å². The average molecular weight is 295 g/mol.